The number of hydrogen-bond acceptors (Lipinski definition) is 6. The number of aromatic nitrogens is 3. The summed E-state index contributed by atoms with van der Waals surface area (Å²) >= 11 is 7.25. The Morgan fingerprint density at radius 2 is 1.90 bits per heavy atom. The highest BCUT2D eigenvalue weighted by atomic mass is 35.5. The molecule has 3 rings (SSSR count). The first-order valence-corrected chi connectivity index (χ1v) is 10.1. The molecule has 0 aliphatic carbocycles. The van der Waals surface area contributed by atoms with Gasteiger partial charge in [0.05, 0.1) is 0 Å². The van der Waals surface area contributed by atoms with Crippen molar-refractivity contribution in [3.8, 4) is 0 Å². The maximum absolute atomic E-state index is 13.4. The van der Waals surface area contributed by atoms with Crippen LogP contribution in [0.25, 0.3) is 0 Å². The van der Waals surface area contributed by atoms with Crippen LogP contribution < -0.4 is 10.2 Å². The van der Waals surface area contributed by atoms with E-state index >= 15 is 0 Å². The van der Waals surface area contributed by atoms with Crippen molar-refractivity contribution < 1.29 is 9.59 Å². The minimum absolute atomic E-state index is 0.151. The van der Waals surface area contributed by atoms with Crippen molar-refractivity contribution in [3.63, 3.8) is 0 Å². The molecular formula is C20H20ClN5O2S. The average molecular weight is 430 g/mol. The predicted molar refractivity (Wildman–Crippen MR) is 113 cm³/mol. The van der Waals surface area contributed by atoms with Gasteiger partial charge in [0, 0.05) is 34.0 Å². The van der Waals surface area contributed by atoms with Gasteiger partial charge in [-0.3, -0.25) is 19.5 Å². The first kappa shape index (κ1) is 20.9. The lowest BCUT2D eigenvalue weighted by atomic mass is 10.0. The average Bonchev–Trinajstić information content (AvgIpc) is 3.19. The third-order valence-corrected chi connectivity index (χ3v) is 4.65. The molecule has 0 aliphatic rings. The van der Waals surface area contributed by atoms with E-state index in [1.54, 1.807) is 54.2 Å². The fraction of sp³-hybridized carbons (Fsp3) is 0.250. The van der Waals surface area contributed by atoms with Gasteiger partial charge in [-0.2, -0.15) is 0 Å². The minimum atomic E-state index is -0.954. The highest BCUT2D eigenvalue weighted by molar-refractivity contribution is 7.03. The number of hydrogen-bond donors (Lipinski definition) is 1. The van der Waals surface area contributed by atoms with E-state index < -0.39 is 17.5 Å². The number of rotatable bonds is 5. The molecule has 1 N–H and O–H groups in total. The van der Waals surface area contributed by atoms with Crippen LogP contribution in [0.2, 0.25) is 5.02 Å². The number of carbonyl (C=O) groups is 2. The Balaban J connectivity index is 2.16. The summed E-state index contributed by atoms with van der Waals surface area (Å²) in [7, 11) is 0. The summed E-state index contributed by atoms with van der Waals surface area (Å²) in [6, 6.07) is 9.25. The van der Waals surface area contributed by atoms with Gasteiger partial charge < -0.3 is 5.32 Å². The number of nitrogens with one attached hydrogen (secondary N) is 1. The third kappa shape index (κ3) is 5.16. The van der Waals surface area contributed by atoms with Crippen LogP contribution >= 0.6 is 23.1 Å². The topological polar surface area (TPSA) is 88.1 Å². The molecule has 0 aliphatic heterocycles. The van der Waals surface area contributed by atoms with Crippen molar-refractivity contribution in [2.75, 3.05) is 4.90 Å². The summed E-state index contributed by atoms with van der Waals surface area (Å²) in [4.78, 5) is 32.1. The lowest BCUT2D eigenvalue weighted by Gasteiger charge is -2.33. The zero-order valence-electron chi connectivity index (χ0n) is 16.2. The molecule has 2 amide bonds. The van der Waals surface area contributed by atoms with Crippen LogP contribution in [-0.2, 0) is 4.79 Å². The molecule has 0 saturated carbocycles. The van der Waals surface area contributed by atoms with Crippen LogP contribution in [0.15, 0.2) is 54.2 Å². The van der Waals surface area contributed by atoms with Crippen LogP contribution in [0.5, 0.6) is 0 Å². The molecule has 9 heteroatoms. The van der Waals surface area contributed by atoms with Crippen LogP contribution in [-0.4, -0.2) is 31.9 Å². The molecule has 0 saturated heterocycles. The number of pyridine rings is 1. The number of carbonyl (C=O) groups excluding carboxylic acids is 2. The summed E-state index contributed by atoms with van der Waals surface area (Å²) in [5, 5.41) is 8.85. The van der Waals surface area contributed by atoms with E-state index in [1.807, 2.05) is 20.8 Å². The molecule has 0 unspecified atom stereocenters. The molecule has 0 radical (unpaired) electrons. The number of nitrogens with zero attached hydrogens (tertiary/aromatic N) is 4. The van der Waals surface area contributed by atoms with Gasteiger partial charge in [0.15, 0.2) is 5.69 Å². The minimum Gasteiger partial charge on any atom is -0.349 e. The molecule has 1 atom stereocenters. The number of halogens is 1. The molecule has 2 aromatic heterocycles. The van der Waals surface area contributed by atoms with Gasteiger partial charge in [0.2, 0.25) is 5.91 Å². The van der Waals surface area contributed by atoms with E-state index in [4.69, 9.17) is 11.6 Å². The highest BCUT2D eigenvalue weighted by Crippen LogP contribution is 2.31. The molecule has 1 aromatic carbocycles. The molecule has 150 valence electrons. The summed E-state index contributed by atoms with van der Waals surface area (Å²) in [6.07, 6.45) is 3.16. The largest absolute Gasteiger partial charge is 0.349 e. The van der Waals surface area contributed by atoms with Gasteiger partial charge in [0.25, 0.3) is 5.91 Å². The Labute approximate surface area is 177 Å². The maximum Gasteiger partial charge on any atom is 0.280 e. The summed E-state index contributed by atoms with van der Waals surface area (Å²) in [5.41, 5.74) is 0.741. The van der Waals surface area contributed by atoms with E-state index in [0.29, 0.717) is 16.3 Å². The number of benzene rings is 1. The Morgan fingerprint density at radius 1 is 1.17 bits per heavy atom. The first-order chi connectivity index (χ1) is 13.8. The van der Waals surface area contributed by atoms with Crippen LogP contribution in [0.4, 0.5) is 5.69 Å². The second-order valence-corrected chi connectivity index (χ2v) is 8.41. The van der Waals surface area contributed by atoms with Gasteiger partial charge in [-0.05, 0) is 68.2 Å². The second-order valence-electron chi connectivity index (χ2n) is 7.37. The first-order valence-electron chi connectivity index (χ1n) is 8.84. The van der Waals surface area contributed by atoms with Gasteiger partial charge in [0.1, 0.15) is 6.04 Å². The van der Waals surface area contributed by atoms with Crippen molar-refractivity contribution in [2.24, 2.45) is 0 Å². The lowest BCUT2D eigenvalue weighted by Crippen LogP contribution is -2.49. The molecule has 29 heavy (non-hydrogen) atoms. The van der Waals surface area contributed by atoms with E-state index in [0.717, 1.165) is 11.5 Å². The Kier molecular flexibility index (Phi) is 6.24. The summed E-state index contributed by atoms with van der Waals surface area (Å²) in [5.74, 6) is -0.785. The normalized spacial score (nSPS) is 12.3. The molecule has 7 nitrogen and oxygen atoms in total. The van der Waals surface area contributed by atoms with E-state index in [2.05, 4.69) is 19.9 Å². The molecule has 0 bridgehead atoms. The standard InChI is InChI=1S/C20H20ClN5O2S/c1-20(2,3)23-18(27)17(13-7-9-22-10-8-13)26(15-6-4-5-14(21)11-15)19(28)16-12-29-25-24-16/h4-12,17H,1-3H3,(H,23,27)/t17-/m0/s1. The number of anilines is 1. The van der Waals surface area contributed by atoms with Crippen molar-refractivity contribution in [2.45, 2.75) is 32.4 Å². The van der Waals surface area contributed by atoms with E-state index in [-0.39, 0.29) is 11.6 Å². The predicted octanol–water partition coefficient (Wildman–Crippen LogP) is 3.89. The van der Waals surface area contributed by atoms with Crippen LogP contribution in [0.1, 0.15) is 42.9 Å². The third-order valence-electron chi connectivity index (χ3n) is 3.91. The Morgan fingerprint density at radius 3 is 2.48 bits per heavy atom. The second kappa shape index (κ2) is 8.67. The maximum atomic E-state index is 13.4. The fourth-order valence-corrected chi connectivity index (χ4v) is 3.41. The summed E-state index contributed by atoms with van der Waals surface area (Å²) < 4.78 is 3.78. The Bertz CT molecular complexity index is 990. The van der Waals surface area contributed by atoms with Gasteiger partial charge >= 0.3 is 0 Å². The summed E-state index contributed by atoms with van der Waals surface area (Å²) in [6.45, 7) is 5.64. The SMILES string of the molecule is CC(C)(C)NC(=O)[C@H](c1ccncc1)N(C(=O)c1csnn1)c1cccc(Cl)c1. The Hall–Kier alpha value is -2.84. The highest BCUT2D eigenvalue weighted by Gasteiger charge is 2.35. The van der Waals surface area contributed by atoms with Crippen molar-refractivity contribution in [1.82, 2.24) is 19.9 Å². The van der Waals surface area contributed by atoms with Crippen LogP contribution in [0, 0.1) is 0 Å². The van der Waals surface area contributed by atoms with Crippen molar-refractivity contribution in [3.05, 3.63) is 70.5 Å². The molecule has 0 spiro atoms. The fourth-order valence-electron chi connectivity index (χ4n) is 2.79. The smallest absolute Gasteiger partial charge is 0.280 e. The van der Waals surface area contributed by atoms with E-state index in [1.165, 1.54) is 4.90 Å². The van der Waals surface area contributed by atoms with Gasteiger partial charge in [-0.1, -0.05) is 22.2 Å². The molecule has 2 heterocycles. The van der Waals surface area contributed by atoms with Gasteiger partial charge in [-0.15, -0.1) is 5.10 Å². The molecule has 0 fully saturated rings. The number of amides is 2. The van der Waals surface area contributed by atoms with Crippen molar-refractivity contribution >= 4 is 40.6 Å². The van der Waals surface area contributed by atoms with Crippen molar-refractivity contribution in [1.29, 1.82) is 0 Å². The quantitative estimate of drug-likeness (QED) is 0.664. The lowest BCUT2D eigenvalue weighted by molar-refractivity contribution is -0.123. The molecular weight excluding hydrogens is 410 g/mol. The monoisotopic (exact) mass is 429 g/mol. The van der Waals surface area contributed by atoms with E-state index in [9.17, 15) is 9.59 Å². The zero-order chi connectivity index (χ0) is 21.0. The van der Waals surface area contributed by atoms with Gasteiger partial charge in [-0.25, -0.2) is 0 Å². The molecule has 3 aromatic rings. The zero-order valence-corrected chi connectivity index (χ0v) is 17.7. The van der Waals surface area contributed by atoms with Crippen LogP contribution in [0.3, 0.4) is 0 Å².